The third-order valence-corrected chi connectivity index (χ3v) is 14.1. The molecule has 55 heavy (non-hydrogen) atoms. The molecule has 4 aromatic carbocycles. The minimum Gasteiger partial charge on any atom is -0.445 e. The zero-order chi connectivity index (χ0) is 37.8. The van der Waals surface area contributed by atoms with Gasteiger partial charge in [-0.05, 0) is 81.7 Å². The minimum absolute atomic E-state index is 0.0270. The molecule has 0 spiro atoms. The first-order chi connectivity index (χ1) is 26.6. The summed E-state index contributed by atoms with van der Waals surface area (Å²) in [6, 6.07) is 28.0. The summed E-state index contributed by atoms with van der Waals surface area (Å²) in [6.07, 6.45) is 5.42. The molecule has 0 N–H and O–H groups in total. The van der Waals surface area contributed by atoms with Gasteiger partial charge in [-0.25, -0.2) is 9.59 Å². The third-order valence-electron chi connectivity index (χ3n) is 12.9. The van der Waals surface area contributed by atoms with Crippen LogP contribution in [0.5, 0.6) is 0 Å². The van der Waals surface area contributed by atoms with Gasteiger partial charge >= 0.3 is 11.9 Å². The SMILES string of the molecule is C=C(C)C(=O)OC1(C2CC3CCC2O3)c2ccccc2Sc2cc(-c3ccc4c(c3)C(=O)c3ccccc3C4(OC(=O)C(=C)C)C3CC4CCC3O4)ccc21. The lowest BCUT2D eigenvalue weighted by molar-refractivity contribution is -0.161. The third kappa shape index (κ3) is 5.07. The van der Waals surface area contributed by atoms with E-state index in [9.17, 15) is 14.4 Å². The summed E-state index contributed by atoms with van der Waals surface area (Å²) in [5, 5.41) is 0. The van der Waals surface area contributed by atoms with Crippen LogP contribution in [-0.2, 0) is 39.7 Å². The smallest absolute Gasteiger partial charge is 0.334 e. The summed E-state index contributed by atoms with van der Waals surface area (Å²) in [5.41, 5.74) is 4.44. The molecule has 4 aromatic rings. The van der Waals surface area contributed by atoms with Crippen LogP contribution in [0, 0.1) is 11.8 Å². The predicted octanol–water partition coefficient (Wildman–Crippen LogP) is 9.22. The molecule has 4 fully saturated rings. The van der Waals surface area contributed by atoms with Gasteiger partial charge in [0.15, 0.2) is 17.0 Å². The van der Waals surface area contributed by atoms with Gasteiger partial charge < -0.3 is 18.9 Å². The molecule has 5 heterocycles. The van der Waals surface area contributed by atoms with Gasteiger partial charge in [-0.2, -0.15) is 0 Å². The fourth-order valence-corrected chi connectivity index (χ4v) is 11.7. The Balaban J connectivity index is 1.13. The van der Waals surface area contributed by atoms with Crippen molar-refractivity contribution in [3.8, 4) is 11.1 Å². The fraction of sp³-hybridized carbons (Fsp3) is 0.340. The van der Waals surface area contributed by atoms with E-state index in [2.05, 4.69) is 43.5 Å². The van der Waals surface area contributed by atoms with Gasteiger partial charge in [0.25, 0.3) is 0 Å². The van der Waals surface area contributed by atoms with E-state index < -0.39 is 23.1 Å². The predicted molar refractivity (Wildman–Crippen MR) is 208 cm³/mol. The number of carbonyl (C=O) groups excluding carboxylic acids is 3. The van der Waals surface area contributed by atoms with Crippen molar-refractivity contribution in [2.24, 2.45) is 11.8 Å². The maximum absolute atomic E-state index is 14.5. The monoisotopic (exact) mass is 750 g/mol. The highest BCUT2D eigenvalue weighted by Crippen LogP contribution is 2.60. The summed E-state index contributed by atoms with van der Waals surface area (Å²) in [7, 11) is 0. The van der Waals surface area contributed by atoms with Gasteiger partial charge in [-0.15, -0.1) is 0 Å². The first-order valence-electron chi connectivity index (χ1n) is 19.4. The molecule has 1 aliphatic carbocycles. The molecular formula is C47H42O7S. The van der Waals surface area contributed by atoms with Crippen molar-refractivity contribution in [3.05, 3.63) is 143 Å². The normalized spacial score (nSPS) is 30.5. The number of rotatable bonds is 7. The van der Waals surface area contributed by atoms with E-state index in [0.29, 0.717) is 33.4 Å². The maximum Gasteiger partial charge on any atom is 0.334 e. The van der Waals surface area contributed by atoms with Crippen LogP contribution in [0.4, 0.5) is 0 Å². The maximum atomic E-state index is 14.5. The van der Waals surface area contributed by atoms with E-state index in [-0.39, 0.29) is 42.0 Å². The number of ether oxygens (including phenoxy) is 4. The molecule has 6 aliphatic rings. The van der Waals surface area contributed by atoms with Gasteiger partial charge in [0, 0.05) is 66.2 Å². The van der Waals surface area contributed by atoms with E-state index >= 15 is 0 Å². The van der Waals surface area contributed by atoms with Crippen LogP contribution in [0.2, 0.25) is 0 Å². The molecule has 0 saturated carbocycles. The average Bonchev–Trinajstić information content (AvgIpc) is 4.03. The van der Waals surface area contributed by atoms with E-state index in [1.54, 1.807) is 25.6 Å². The Morgan fingerprint density at radius 3 is 1.73 bits per heavy atom. The molecule has 0 aromatic heterocycles. The van der Waals surface area contributed by atoms with Crippen molar-refractivity contribution >= 4 is 29.5 Å². The van der Waals surface area contributed by atoms with Crippen LogP contribution in [-0.4, -0.2) is 42.1 Å². The lowest BCUT2D eigenvalue weighted by Crippen LogP contribution is -2.49. The van der Waals surface area contributed by atoms with Crippen molar-refractivity contribution in [2.45, 2.75) is 97.8 Å². The van der Waals surface area contributed by atoms with Crippen molar-refractivity contribution in [3.63, 3.8) is 0 Å². The van der Waals surface area contributed by atoms with Gasteiger partial charge in [0.05, 0.1) is 24.4 Å². The van der Waals surface area contributed by atoms with Crippen LogP contribution in [0.25, 0.3) is 11.1 Å². The Morgan fingerprint density at radius 2 is 1.15 bits per heavy atom. The van der Waals surface area contributed by atoms with Gasteiger partial charge in [-0.1, -0.05) is 91.6 Å². The highest BCUT2D eigenvalue weighted by Gasteiger charge is 2.60. The summed E-state index contributed by atoms with van der Waals surface area (Å²) >= 11 is 1.66. The number of fused-ring (bicyclic) bond motifs is 8. The van der Waals surface area contributed by atoms with Gasteiger partial charge in [0.2, 0.25) is 0 Å². The first kappa shape index (κ1) is 34.7. The Bertz CT molecular complexity index is 2360. The van der Waals surface area contributed by atoms with Crippen LogP contribution >= 0.6 is 11.8 Å². The van der Waals surface area contributed by atoms with E-state index in [0.717, 1.165) is 70.6 Å². The van der Waals surface area contributed by atoms with Gasteiger partial charge in [-0.3, -0.25) is 4.79 Å². The second-order valence-corrected chi connectivity index (χ2v) is 17.3. The number of benzene rings is 4. The van der Waals surface area contributed by atoms with Crippen LogP contribution in [0.15, 0.2) is 119 Å². The molecule has 278 valence electrons. The quantitative estimate of drug-likeness (QED) is 0.137. The molecule has 8 unspecified atom stereocenters. The molecule has 0 radical (unpaired) electrons. The van der Waals surface area contributed by atoms with E-state index in [1.807, 2.05) is 54.6 Å². The fourth-order valence-electron chi connectivity index (χ4n) is 10.5. The molecule has 5 aliphatic heterocycles. The van der Waals surface area contributed by atoms with E-state index in [1.165, 1.54) is 0 Å². The minimum atomic E-state index is -1.22. The zero-order valence-corrected chi connectivity index (χ0v) is 31.8. The average molecular weight is 751 g/mol. The first-order valence-corrected chi connectivity index (χ1v) is 20.2. The van der Waals surface area contributed by atoms with Crippen molar-refractivity contribution < 1.29 is 33.3 Å². The Kier molecular flexibility index (Phi) is 7.97. The number of hydrogen-bond acceptors (Lipinski definition) is 8. The molecule has 4 saturated heterocycles. The van der Waals surface area contributed by atoms with Crippen LogP contribution < -0.4 is 0 Å². The Hall–Kier alpha value is -4.76. The number of carbonyl (C=O) groups is 3. The van der Waals surface area contributed by atoms with E-state index in [4.69, 9.17) is 18.9 Å². The number of hydrogen-bond donors (Lipinski definition) is 0. The van der Waals surface area contributed by atoms with Gasteiger partial charge in [0.1, 0.15) is 0 Å². The molecule has 4 bridgehead atoms. The van der Waals surface area contributed by atoms with Crippen molar-refractivity contribution in [2.75, 3.05) is 0 Å². The van der Waals surface area contributed by atoms with Crippen LogP contribution in [0.1, 0.15) is 90.5 Å². The largest absolute Gasteiger partial charge is 0.445 e. The molecular weight excluding hydrogens is 709 g/mol. The highest BCUT2D eigenvalue weighted by atomic mass is 32.2. The molecule has 10 rings (SSSR count). The standard InChI is InChI=1S/C47H42O7S/c1-25(2)44(49)53-46(37-23-29-15-19-39(37)51-29)33-10-6-5-9-31(33)43(48)32-21-27(13-17-34(32)46)28-14-18-36-42(22-28)55-41-12-8-7-11-35(41)47(36,54-45(50)26(3)4)38-24-30-16-20-40(38)52-30/h5-14,17-18,21-22,29-30,37-40H,1,3,15-16,19-20,23-24H2,2,4H3. The number of ketones is 1. The summed E-state index contributed by atoms with van der Waals surface area (Å²) in [6.45, 7) is 11.2. The van der Waals surface area contributed by atoms with Crippen molar-refractivity contribution in [1.82, 2.24) is 0 Å². The Labute approximate surface area is 325 Å². The Morgan fingerprint density at radius 1 is 0.636 bits per heavy atom. The summed E-state index contributed by atoms with van der Waals surface area (Å²) in [4.78, 5) is 43.7. The summed E-state index contributed by atoms with van der Waals surface area (Å²) < 4.78 is 26.2. The zero-order valence-electron chi connectivity index (χ0n) is 31.0. The molecule has 7 nitrogen and oxygen atoms in total. The molecule has 0 amide bonds. The topological polar surface area (TPSA) is 88.1 Å². The molecule has 8 atom stereocenters. The summed E-state index contributed by atoms with van der Waals surface area (Å²) in [5.74, 6) is -1.26. The molecule has 8 heteroatoms. The second kappa shape index (κ2) is 12.6. The van der Waals surface area contributed by atoms with Crippen molar-refractivity contribution in [1.29, 1.82) is 0 Å². The lowest BCUT2D eigenvalue weighted by atomic mass is 9.64. The highest BCUT2D eigenvalue weighted by molar-refractivity contribution is 7.99. The lowest BCUT2D eigenvalue weighted by Gasteiger charge is -2.46. The second-order valence-electron chi connectivity index (χ2n) is 16.2. The van der Waals surface area contributed by atoms with Crippen LogP contribution in [0.3, 0.4) is 0 Å². The number of esters is 2.